The molecular weight excluding hydrogens is 376 g/mol. The number of methoxy groups -OCH3 is 1. The molecule has 1 aliphatic rings. The van der Waals surface area contributed by atoms with Gasteiger partial charge >= 0.3 is 0 Å². The van der Waals surface area contributed by atoms with Gasteiger partial charge in [-0.1, -0.05) is 11.2 Å². The minimum Gasteiger partial charge on any atom is -0.497 e. The van der Waals surface area contributed by atoms with Gasteiger partial charge in [-0.25, -0.2) is 0 Å². The van der Waals surface area contributed by atoms with E-state index in [9.17, 15) is 4.79 Å². The van der Waals surface area contributed by atoms with E-state index >= 15 is 0 Å². The van der Waals surface area contributed by atoms with E-state index in [1.165, 1.54) is 0 Å². The number of likely N-dealkylation sites (tertiary alicyclic amines) is 1. The fourth-order valence-electron chi connectivity index (χ4n) is 3.58. The van der Waals surface area contributed by atoms with Crippen LogP contribution in [0.1, 0.15) is 28.7 Å². The monoisotopic (exact) mass is 394 g/mol. The van der Waals surface area contributed by atoms with Crippen LogP contribution in [0.4, 0.5) is 0 Å². The molecule has 1 saturated heterocycles. The highest BCUT2D eigenvalue weighted by Crippen LogP contribution is 2.30. The Morgan fingerprint density at radius 3 is 3.11 bits per heavy atom. The molecule has 8 heteroatoms. The third-order valence-electron chi connectivity index (χ3n) is 5.07. The summed E-state index contributed by atoms with van der Waals surface area (Å²) < 4.78 is 10.6. The topological polar surface area (TPSA) is 84.2 Å². The predicted molar refractivity (Wildman–Crippen MR) is 106 cm³/mol. The normalized spacial score (nSPS) is 16.8. The largest absolute Gasteiger partial charge is 0.497 e. The van der Waals surface area contributed by atoms with E-state index in [0.717, 1.165) is 28.0 Å². The smallest absolute Gasteiger partial charge is 0.270 e. The summed E-state index contributed by atoms with van der Waals surface area (Å²) in [6.45, 7) is 1.26. The van der Waals surface area contributed by atoms with Crippen molar-refractivity contribution in [3.8, 4) is 16.5 Å². The summed E-state index contributed by atoms with van der Waals surface area (Å²) in [7, 11) is 1.63. The lowest BCUT2D eigenvalue weighted by Crippen LogP contribution is -2.28. The number of benzene rings is 1. The van der Waals surface area contributed by atoms with Crippen LogP contribution in [0.3, 0.4) is 0 Å². The molecule has 1 unspecified atom stereocenters. The van der Waals surface area contributed by atoms with Crippen LogP contribution in [0.5, 0.6) is 5.75 Å². The van der Waals surface area contributed by atoms with Gasteiger partial charge in [-0.15, -0.1) is 11.3 Å². The quantitative estimate of drug-likeness (QED) is 0.567. The van der Waals surface area contributed by atoms with Crippen molar-refractivity contribution in [2.24, 2.45) is 0 Å². The predicted octanol–water partition coefficient (Wildman–Crippen LogP) is 3.92. The first-order valence-corrected chi connectivity index (χ1v) is 9.93. The molecule has 1 aliphatic heterocycles. The number of hydrogen-bond acceptors (Lipinski definition) is 6. The minimum atomic E-state index is -0.0142. The zero-order chi connectivity index (χ0) is 19.1. The van der Waals surface area contributed by atoms with E-state index in [0.29, 0.717) is 30.5 Å². The molecular formula is C20H18N4O3S. The molecule has 0 spiro atoms. The second-order valence-corrected chi connectivity index (χ2v) is 7.76. The maximum absolute atomic E-state index is 12.9. The van der Waals surface area contributed by atoms with Crippen LogP contribution < -0.4 is 4.74 Å². The summed E-state index contributed by atoms with van der Waals surface area (Å²) in [4.78, 5) is 23.5. The molecule has 0 radical (unpaired) electrons. The molecule has 0 saturated carbocycles. The molecule has 1 amide bonds. The van der Waals surface area contributed by atoms with Gasteiger partial charge in [0.1, 0.15) is 11.4 Å². The summed E-state index contributed by atoms with van der Waals surface area (Å²) in [6, 6.07) is 11.5. The SMILES string of the molecule is COc1ccc2cc(C(=O)N3CCC(c4noc(-c5cccs5)n4)C3)[nH]c2c1. The number of hydrogen-bond donors (Lipinski definition) is 1. The number of ether oxygens (including phenoxy) is 1. The lowest BCUT2D eigenvalue weighted by molar-refractivity contribution is 0.0785. The van der Waals surface area contributed by atoms with Gasteiger partial charge in [-0.2, -0.15) is 4.98 Å². The molecule has 1 fully saturated rings. The maximum Gasteiger partial charge on any atom is 0.270 e. The van der Waals surface area contributed by atoms with Crippen molar-refractivity contribution in [3.05, 3.63) is 53.3 Å². The number of aromatic amines is 1. The zero-order valence-electron chi connectivity index (χ0n) is 15.2. The molecule has 1 N–H and O–H groups in total. The highest BCUT2D eigenvalue weighted by atomic mass is 32.1. The van der Waals surface area contributed by atoms with Crippen molar-refractivity contribution in [2.75, 3.05) is 20.2 Å². The van der Waals surface area contributed by atoms with E-state index in [4.69, 9.17) is 9.26 Å². The number of thiophene rings is 1. The number of fused-ring (bicyclic) bond motifs is 1. The summed E-state index contributed by atoms with van der Waals surface area (Å²) in [5.41, 5.74) is 1.47. The molecule has 7 nitrogen and oxygen atoms in total. The van der Waals surface area contributed by atoms with Crippen molar-refractivity contribution in [3.63, 3.8) is 0 Å². The molecule has 28 heavy (non-hydrogen) atoms. The van der Waals surface area contributed by atoms with Gasteiger partial charge < -0.3 is 19.1 Å². The van der Waals surface area contributed by atoms with Gasteiger partial charge in [0.05, 0.1) is 12.0 Å². The van der Waals surface area contributed by atoms with Crippen LogP contribution >= 0.6 is 11.3 Å². The van der Waals surface area contributed by atoms with Gasteiger partial charge in [-0.3, -0.25) is 4.79 Å². The number of carbonyl (C=O) groups excluding carboxylic acids is 1. The van der Waals surface area contributed by atoms with E-state index in [1.807, 2.05) is 46.7 Å². The van der Waals surface area contributed by atoms with Gasteiger partial charge in [-0.05, 0) is 36.1 Å². The Kier molecular flexibility index (Phi) is 4.12. The Labute approximate surface area is 164 Å². The first-order valence-electron chi connectivity index (χ1n) is 9.05. The number of rotatable bonds is 4. The summed E-state index contributed by atoms with van der Waals surface area (Å²) in [5.74, 6) is 2.04. The van der Waals surface area contributed by atoms with Gasteiger partial charge in [0.2, 0.25) is 0 Å². The first-order chi connectivity index (χ1) is 13.7. The molecule has 1 aromatic carbocycles. The van der Waals surface area contributed by atoms with Crippen molar-refractivity contribution in [1.29, 1.82) is 0 Å². The van der Waals surface area contributed by atoms with E-state index < -0.39 is 0 Å². The van der Waals surface area contributed by atoms with Gasteiger partial charge in [0, 0.05) is 36.0 Å². The van der Waals surface area contributed by atoms with E-state index in [2.05, 4.69) is 15.1 Å². The maximum atomic E-state index is 12.9. The summed E-state index contributed by atoms with van der Waals surface area (Å²) in [5, 5.41) is 7.10. The van der Waals surface area contributed by atoms with Crippen molar-refractivity contribution < 1.29 is 14.1 Å². The molecule has 1 atom stereocenters. The fourth-order valence-corrected chi connectivity index (χ4v) is 4.22. The number of H-pyrrole nitrogens is 1. The van der Waals surface area contributed by atoms with Crippen molar-refractivity contribution >= 4 is 28.1 Å². The Bertz CT molecular complexity index is 1130. The zero-order valence-corrected chi connectivity index (χ0v) is 16.0. The average Bonchev–Trinajstić information content (AvgIpc) is 3.51. The Morgan fingerprint density at radius 1 is 1.36 bits per heavy atom. The number of nitrogens with zero attached hydrogens (tertiary/aromatic N) is 3. The molecule has 0 aliphatic carbocycles. The second-order valence-electron chi connectivity index (χ2n) is 6.81. The Morgan fingerprint density at radius 2 is 2.29 bits per heavy atom. The van der Waals surface area contributed by atoms with Crippen LogP contribution in [0.15, 0.2) is 46.3 Å². The lowest BCUT2D eigenvalue weighted by Gasteiger charge is -2.14. The number of aromatic nitrogens is 3. The van der Waals surface area contributed by atoms with Crippen LogP contribution in [0.2, 0.25) is 0 Å². The van der Waals surface area contributed by atoms with Gasteiger partial charge in [0.15, 0.2) is 5.82 Å². The second kappa shape index (κ2) is 6.79. The molecule has 4 aromatic rings. The molecule has 142 valence electrons. The first kappa shape index (κ1) is 17.0. The lowest BCUT2D eigenvalue weighted by atomic mass is 10.1. The highest BCUT2D eigenvalue weighted by Gasteiger charge is 2.31. The molecule has 4 heterocycles. The third kappa shape index (κ3) is 2.95. The number of nitrogens with one attached hydrogen (secondary N) is 1. The Balaban J connectivity index is 1.32. The average molecular weight is 394 g/mol. The van der Waals surface area contributed by atoms with E-state index in [1.54, 1.807) is 18.4 Å². The Hall–Kier alpha value is -3.13. The van der Waals surface area contributed by atoms with Crippen LogP contribution in [-0.2, 0) is 0 Å². The fraction of sp³-hybridized carbons (Fsp3) is 0.250. The molecule has 5 rings (SSSR count). The van der Waals surface area contributed by atoms with Crippen LogP contribution in [-0.4, -0.2) is 46.1 Å². The van der Waals surface area contributed by atoms with Crippen molar-refractivity contribution in [1.82, 2.24) is 20.0 Å². The molecule has 0 bridgehead atoms. The van der Waals surface area contributed by atoms with Crippen LogP contribution in [0, 0.1) is 0 Å². The third-order valence-corrected chi connectivity index (χ3v) is 5.93. The van der Waals surface area contributed by atoms with Crippen molar-refractivity contribution in [2.45, 2.75) is 12.3 Å². The summed E-state index contributed by atoms with van der Waals surface area (Å²) >= 11 is 1.57. The minimum absolute atomic E-state index is 0.0142. The molecule has 3 aromatic heterocycles. The van der Waals surface area contributed by atoms with Crippen LogP contribution in [0.25, 0.3) is 21.7 Å². The highest BCUT2D eigenvalue weighted by molar-refractivity contribution is 7.13. The summed E-state index contributed by atoms with van der Waals surface area (Å²) in [6.07, 6.45) is 0.823. The van der Waals surface area contributed by atoms with Gasteiger partial charge in [0.25, 0.3) is 11.8 Å². The standard InChI is InChI=1S/C20H18N4O3S/c1-26-14-5-4-12-9-16(21-15(12)10-14)20(25)24-7-6-13(11-24)18-22-19(27-23-18)17-3-2-8-28-17/h2-5,8-10,13,21H,6-7,11H2,1H3. The van der Waals surface area contributed by atoms with E-state index in [-0.39, 0.29) is 11.8 Å². The number of amides is 1. The number of carbonyl (C=O) groups is 1.